The van der Waals surface area contributed by atoms with Crippen LogP contribution in [-0.4, -0.2) is 25.8 Å². The van der Waals surface area contributed by atoms with E-state index in [1.807, 2.05) is 17.5 Å². The van der Waals surface area contributed by atoms with Gasteiger partial charge < -0.3 is 5.11 Å². The van der Waals surface area contributed by atoms with Crippen molar-refractivity contribution < 1.29 is 9.90 Å². The van der Waals surface area contributed by atoms with Crippen LogP contribution in [-0.2, 0) is 6.54 Å². The van der Waals surface area contributed by atoms with Gasteiger partial charge >= 0.3 is 5.97 Å². The highest BCUT2D eigenvalue weighted by Crippen LogP contribution is 2.23. The number of aromatic carboxylic acids is 1. The highest BCUT2D eigenvalue weighted by Gasteiger charge is 2.14. The highest BCUT2D eigenvalue weighted by molar-refractivity contribution is 7.09. The Kier molecular flexibility index (Phi) is 3.77. The minimum atomic E-state index is -0.955. The summed E-state index contributed by atoms with van der Waals surface area (Å²) in [7, 11) is 0. The molecule has 0 bridgehead atoms. The molecule has 0 aliphatic heterocycles. The molecule has 0 amide bonds. The van der Waals surface area contributed by atoms with Gasteiger partial charge in [-0.1, -0.05) is 23.8 Å². The molecule has 2 aromatic heterocycles. The van der Waals surface area contributed by atoms with Gasteiger partial charge in [-0.05, 0) is 19.9 Å². The summed E-state index contributed by atoms with van der Waals surface area (Å²) in [6.07, 6.45) is 1.38. The Labute approximate surface area is 131 Å². The zero-order valence-corrected chi connectivity index (χ0v) is 13.1. The Morgan fingerprint density at radius 2 is 2.18 bits per heavy atom. The number of aryl methyl sites for hydroxylation is 1. The molecule has 0 unspecified atom stereocenters. The first-order chi connectivity index (χ1) is 10.5. The van der Waals surface area contributed by atoms with Crippen molar-refractivity contribution in [1.82, 2.24) is 14.8 Å². The van der Waals surface area contributed by atoms with Gasteiger partial charge in [0.15, 0.2) is 0 Å². The number of carboxylic acids is 1. The van der Waals surface area contributed by atoms with Crippen molar-refractivity contribution in [3.8, 4) is 11.3 Å². The Morgan fingerprint density at radius 1 is 1.36 bits per heavy atom. The summed E-state index contributed by atoms with van der Waals surface area (Å²) in [5.74, 6) is -0.955. The van der Waals surface area contributed by atoms with E-state index in [2.05, 4.69) is 29.1 Å². The summed E-state index contributed by atoms with van der Waals surface area (Å²) in [5.41, 5.74) is 4.09. The second-order valence-corrected chi connectivity index (χ2v) is 6.05. The molecule has 0 aliphatic rings. The van der Waals surface area contributed by atoms with Crippen LogP contribution in [0.1, 0.15) is 26.6 Å². The number of nitrogens with zero attached hydrogens (tertiary/aromatic N) is 3. The molecule has 112 valence electrons. The van der Waals surface area contributed by atoms with Crippen LogP contribution in [0.5, 0.6) is 0 Å². The third kappa shape index (κ3) is 2.78. The van der Waals surface area contributed by atoms with Crippen molar-refractivity contribution >= 4 is 17.3 Å². The Bertz CT molecular complexity index is 836. The van der Waals surface area contributed by atoms with E-state index in [4.69, 9.17) is 5.11 Å². The lowest BCUT2D eigenvalue weighted by Gasteiger charge is -2.02. The predicted molar refractivity (Wildman–Crippen MR) is 85.3 cm³/mol. The lowest BCUT2D eigenvalue weighted by molar-refractivity contribution is 0.0696. The lowest BCUT2D eigenvalue weighted by atomic mass is 10.1. The summed E-state index contributed by atoms with van der Waals surface area (Å²) in [5, 5.41) is 16.1. The van der Waals surface area contributed by atoms with E-state index in [1.54, 1.807) is 22.9 Å². The third-order valence-corrected chi connectivity index (χ3v) is 4.32. The summed E-state index contributed by atoms with van der Waals surface area (Å²) in [6, 6.07) is 8.20. The van der Waals surface area contributed by atoms with E-state index in [1.165, 1.54) is 11.8 Å². The number of thiazole rings is 1. The van der Waals surface area contributed by atoms with Crippen LogP contribution in [0.25, 0.3) is 11.3 Å². The van der Waals surface area contributed by atoms with Crippen LogP contribution >= 0.6 is 11.3 Å². The van der Waals surface area contributed by atoms with E-state index in [0.29, 0.717) is 12.2 Å². The summed E-state index contributed by atoms with van der Waals surface area (Å²) < 4.78 is 1.67. The number of rotatable bonds is 4. The Morgan fingerprint density at radius 3 is 2.86 bits per heavy atom. The largest absolute Gasteiger partial charge is 0.478 e. The van der Waals surface area contributed by atoms with Crippen LogP contribution < -0.4 is 0 Å². The molecule has 0 fully saturated rings. The molecule has 0 saturated heterocycles. The number of aromatic nitrogens is 3. The van der Waals surface area contributed by atoms with Gasteiger partial charge in [-0.25, -0.2) is 9.78 Å². The van der Waals surface area contributed by atoms with Crippen molar-refractivity contribution in [2.24, 2.45) is 0 Å². The molecule has 0 aliphatic carbocycles. The summed E-state index contributed by atoms with van der Waals surface area (Å²) in [6.45, 7) is 4.29. The minimum Gasteiger partial charge on any atom is -0.478 e. The van der Waals surface area contributed by atoms with Crippen molar-refractivity contribution in [1.29, 1.82) is 0 Å². The van der Waals surface area contributed by atoms with Gasteiger partial charge in [0.05, 0.1) is 24.1 Å². The quantitative estimate of drug-likeness (QED) is 0.802. The van der Waals surface area contributed by atoms with Gasteiger partial charge in [-0.2, -0.15) is 5.10 Å². The molecule has 1 aromatic carbocycles. The molecular weight excluding hydrogens is 298 g/mol. The standard InChI is InChI=1S/C16H15N3O2S/c1-10-4-3-5-12(6-10)14-9-22-15(18-14)8-19-11(2)13(7-17-19)16(20)21/h3-7,9H,8H2,1-2H3,(H,20,21). The molecule has 1 N–H and O–H groups in total. The second kappa shape index (κ2) is 5.73. The fraction of sp³-hybridized carbons (Fsp3) is 0.188. The lowest BCUT2D eigenvalue weighted by Crippen LogP contribution is -2.05. The number of hydrogen-bond acceptors (Lipinski definition) is 4. The Balaban J connectivity index is 1.84. The maximum absolute atomic E-state index is 11.0. The molecule has 6 heteroatoms. The van der Waals surface area contributed by atoms with Crippen LogP contribution in [0.15, 0.2) is 35.8 Å². The van der Waals surface area contributed by atoms with Crippen molar-refractivity contribution in [2.45, 2.75) is 20.4 Å². The number of carboxylic acid groups (broad SMARTS) is 1. The third-order valence-electron chi connectivity index (χ3n) is 3.48. The van der Waals surface area contributed by atoms with E-state index >= 15 is 0 Å². The molecule has 2 heterocycles. The first-order valence-corrected chi connectivity index (χ1v) is 7.69. The molecule has 22 heavy (non-hydrogen) atoms. The molecule has 0 spiro atoms. The maximum atomic E-state index is 11.0. The van der Waals surface area contributed by atoms with Crippen LogP contribution in [0.3, 0.4) is 0 Å². The van der Waals surface area contributed by atoms with Gasteiger partial charge in [0.25, 0.3) is 0 Å². The number of hydrogen-bond donors (Lipinski definition) is 1. The van der Waals surface area contributed by atoms with Crippen LogP contribution in [0, 0.1) is 13.8 Å². The molecular formula is C16H15N3O2S. The fourth-order valence-corrected chi connectivity index (χ4v) is 3.05. The minimum absolute atomic E-state index is 0.232. The van der Waals surface area contributed by atoms with Gasteiger partial charge in [0.2, 0.25) is 0 Å². The van der Waals surface area contributed by atoms with Crippen LogP contribution in [0.2, 0.25) is 0 Å². The normalized spacial score (nSPS) is 10.8. The molecule has 0 atom stereocenters. The van der Waals surface area contributed by atoms with Crippen molar-refractivity contribution in [2.75, 3.05) is 0 Å². The van der Waals surface area contributed by atoms with E-state index in [9.17, 15) is 4.79 Å². The first kappa shape index (κ1) is 14.5. The average Bonchev–Trinajstić information content (AvgIpc) is 3.07. The first-order valence-electron chi connectivity index (χ1n) is 6.82. The van der Waals surface area contributed by atoms with Gasteiger partial charge in [0, 0.05) is 10.9 Å². The average molecular weight is 313 g/mol. The molecule has 0 radical (unpaired) electrons. The molecule has 5 nitrogen and oxygen atoms in total. The zero-order valence-electron chi connectivity index (χ0n) is 12.3. The molecule has 3 aromatic rings. The van der Waals surface area contributed by atoms with Crippen LogP contribution in [0.4, 0.5) is 0 Å². The van der Waals surface area contributed by atoms with Crippen molar-refractivity contribution in [3.05, 3.63) is 57.7 Å². The highest BCUT2D eigenvalue weighted by atomic mass is 32.1. The van der Waals surface area contributed by atoms with Gasteiger partial charge in [0.1, 0.15) is 10.6 Å². The SMILES string of the molecule is Cc1cccc(-c2csc(Cn3ncc(C(=O)O)c3C)n2)c1. The second-order valence-electron chi connectivity index (χ2n) is 5.10. The smallest absolute Gasteiger partial charge is 0.339 e. The molecule has 3 rings (SSSR count). The van der Waals surface area contributed by atoms with E-state index in [-0.39, 0.29) is 5.56 Å². The van der Waals surface area contributed by atoms with E-state index < -0.39 is 5.97 Å². The van der Waals surface area contributed by atoms with E-state index in [0.717, 1.165) is 16.3 Å². The maximum Gasteiger partial charge on any atom is 0.339 e. The van der Waals surface area contributed by atoms with Gasteiger partial charge in [-0.15, -0.1) is 11.3 Å². The predicted octanol–water partition coefficient (Wildman–Crippen LogP) is 3.37. The van der Waals surface area contributed by atoms with Gasteiger partial charge in [-0.3, -0.25) is 4.68 Å². The summed E-state index contributed by atoms with van der Waals surface area (Å²) in [4.78, 5) is 15.7. The topological polar surface area (TPSA) is 68.0 Å². The van der Waals surface area contributed by atoms with Crippen molar-refractivity contribution in [3.63, 3.8) is 0 Å². The number of benzene rings is 1. The zero-order chi connectivity index (χ0) is 15.7. The molecule has 0 saturated carbocycles. The summed E-state index contributed by atoms with van der Waals surface area (Å²) >= 11 is 1.55. The monoisotopic (exact) mass is 313 g/mol. The number of carbonyl (C=O) groups is 1. The fourth-order valence-electron chi connectivity index (χ4n) is 2.26. The Hall–Kier alpha value is -2.47.